The number of aliphatic hydroxyl groups excluding tert-OH is 1. The molecule has 0 aromatic carbocycles. The van der Waals surface area contributed by atoms with Gasteiger partial charge in [-0.2, -0.15) is 0 Å². The molecule has 5 heteroatoms. The van der Waals surface area contributed by atoms with E-state index in [4.69, 9.17) is 20.9 Å². The van der Waals surface area contributed by atoms with Gasteiger partial charge in [0.15, 0.2) is 6.29 Å². The maximum atomic E-state index is 9.71. The van der Waals surface area contributed by atoms with Crippen LogP contribution in [-0.2, 0) is 9.47 Å². The van der Waals surface area contributed by atoms with Crippen molar-refractivity contribution in [3.05, 3.63) is 0 Å². The lowest BCUT2D eigenvalue weighted by atomic mass is 9.90. The first-order chi connectivity index (χ1) is 6.11. The molecular formula is C8H18N2O3. The lowest BCUT2D eigenvalue weighted by Gasteiger charge is -2.41. The maximum Gasteiger partial charge on any atom is 0.175 e. The smallest absolute Gasteiger partial charge is 0.175 e. The van der Waals surface area contributed by atoms with Gasteiger partial charge in [0.25, 0.3) is 0 Å². The third-order valence-corrected chi connectivity index (χ3v) is 2.61. The van der Waals surface area contributed by atoms with E-state index in [1.54, 1.807) is 0 Å². The van der Waals surface area contributed by atoms with Gasteiger partial charge in [-0.15, -0.1) is 0 Å². The number of hydrogen-bond acceptors (Lipinski definition) is 5. The molecule has 0 bridgehead atoms. The Morgan fingerprint density at radius 3 is 2.62 bits per heavy atom. The molecule has 0 aliphatic carbocycles. The Labute approximate surface area is 78.0 Å². The fourth-order valence-electron chi connectivity index (χ4n) is 1.60. The van der Waals surface area contributed by atoms with Crippen LogP contribution in [0.15, 0.2) is 0 Å². The molecule has 5 nitrogen and oxygen atoms in total. The van der Waals surface area contributed by atoms with Gasteiger partial charge in [0.05, 0.1) is 18.2 Å². The van der Waals surface area contributed by atoms with Crippen LogP contribution in [0, 0.1) is 5.92 Å². The van der Waals surface area contributed by atoms with E-state index in [1.165, 1.54) is 7.11 Å². The highest BCUT2D eigenvalue weighted by Gasteiger charge is 2.40. The summed E-state index contributed by atoms with van der Waals surface area (Å²) in [6, 6.07) is -0.497. The fraction of sp³-hybridized carbons (Fsp3) is 1.00. The monoisotopic (exact) mass is 190 g/mol. The molecule has 1 saturated heterocycles. The van der Waals surface area contributed by atoms with Crippen LogP contribution in [0.4, 0.5) is 0 Å². The van der Waals surface area contributed by atoms with Gasteiger partial charge >= 0.3 is 0 Å². The van der Waals surface area contributed by atoms with Crippen molar-refractivity contribution >= 4 is 0 Å². The minimum absolute atomic E-state index is 0.0496. The van der Waals surface area contributed by atoms with Crippen molar-refractivity contribution < 1.29 is 14.6 Å². The summed E-state index contributed by atoms with van der Waals surface area (Å²) in [5.41, 5.74) is 11.2. The lowest BCUT2D eigenvalue weighted by Crippen LogP contribution is -2.59. The topological polar surface area (TPSA) is 90.7 Å². The second kappa shape index (κ2) is 4.34. The van der Waals surface area contributed by atoms with Gasteiger partial charge < -0.3 is 26.0 Å². The first-order valence-electron chi connectivity index (χ1n) is 4.43. The first kappa shape index (κ1) is 10.9. The highest BCUT2D eigenvalue weighted by Crippen LogP contribution is 2.24. The Bertz CT molecular complexity index is 147. The second-order valence-corrected chi connectivity index (χ2v) is 3.44. The Morgan fingerprint density at radius 1 is 1.54 bits per heavy atom. The Morgan fingerprint density at radius 2 is 2.15 bits per heavy atom. The average molecular weight is 190 g/mol. The van der Waals surface area contributed by atoms with Crippen LogP contribution in [0.1, 0.15) is 6.92 Å². The maximum absolute atomic E-state index is 9.71. The number of aliphatic hydroxyl groups is 1. The number of nitrogens with two attached hydrogens (primary N) is 2. The van der Waals surface area contributed by atoms with E-state index in [-0.39, 0.29) is 12.0 Å². The van der Waals surface area contributed by atoms with Crippen molar-refractivity contribution in [2.75, 3.05) is 13.7 Å². The van der Waals surface area contributed by atoms with Gasteiger partial charge in [0, 0.05) is 19.6 Å². The van der Waals surface area contributed by atoms with E-state index in [1.807, 2.05) is 6.92 Å². The summed E-state index contributed by atoms with van der Waals surface area (Å²) >= 11 is 0. The molecule has 1 fully saturated rings. The zero-order valence-electron chi connectivity index (χ0n) is 8.01. The van der Waals surface area contributed by atoms with Gasteiger partial charge in [-0.1, -0.05) is 6.92 Å². The molecule has 13 heavy (non-hydrogen) atoms. The predicted octanol–water partition coefficient (Wildman–Crippen LogP) is -1.36. The van der Waals surface area contributed by atoms with Crippen molar-refractivity contribution in [3.63, 3.8) is 0 Å². The Hall–Kier alpha value is -0.200. The molecule has 0 spiro atoms. The summed E-state index contributed by atoms with van der Waals surface area (Å²) in [5.74, 6) is -0.0496. The van der Waals surface area contributed by atoms with E-state index in [2.05, 4.69) is 0 Å². The molecule has 0 saturated carbocycles. The zero-order chi connectivity index (χ0) is 10.0. The first-order valence-corrected chi connectivity index (χ1v) is 4.43. The number of ether oxygens (including phenoxy) is 2. The molecule has 1 aliphatic heterocycles. The molecule has 1 aliphatic rings. The third-order valence-electron chi connectivity index (χ3n) is 2.61. The van der Waals surface area contributed by atoms with E-state index >= 15 is 0 Å². The molecular weight excluding hydrogens is 172 g/mol. The molecule has 0 aromatic rings. The second-order valence-electron chi connectivity index (χ2n) is 3.44. The zero-order valence-corrected chi connectivity index (χ0v) is 8.01. The van der Waals surface area contributed by atoms with Crippen molar-refractivity contribution in [1.29, 1.82) is 0 Å². The summed E-state index contributed by atoms with van der Waals surface area (Å²) in [5, 5.41) is 9.71. The van der Waals surface area contributed by atoms with Crippen molar-refractivity contribution in [2.45, 2.75) is 31.5 Å². The highest BCUT2D eigenvalue weighted by molar-refractivity contribution is 4.89. The SMILES string of the molecule is CO[C@@H]1OC(CN)[C@@H](C)[C@H](O)C1N. The third kappa shape index (κ3) is 2.00. The van der Waals surface area contributed by atoms with Crippen LogP contribution in [0.3, 0.4) is 0 Å². The number of hydrogen-bond donors (Lipinski definition) is 3. The molecule has 5 N–H and O–H groups in total. The molecule has 78 valence electrons. The Balaban J connectivity index is 2.66. The lowest BCUT2D eigenvalue weighted by molar-refractivity contribution is -0.230. The van der Waals surface area contributed by atoms with Gasteiger partial charge in [-0.05, 0) is 0 Å². The van der Waals surface area contributed by atoms with Gasteiger partial charge in [0.1, 0.15) is 0 Å². The summed E-state index contributed by atoms with van der Waals surface area (Å²) < 4.78 is 10.4. The molecule has 2 unspecified atom stereocenters. The van der Waals surface area contributed by atoms with E-state index < -0.39 is 18.4 Å². The molecule has 5 atom stereocenters. The minimum Gasteiger partial charge on any atom is -0.391 e. The Kier molecular flexibility index (Phi) is 3.63. The summed E-state index contributed by atoms with van der Waals surface area (Å²) in [7, 11) is 1.50. The highest BCUT2D eigenvalue weighted by atomic mass is 16.7. The quantitative estimate of drug-likeness (QED) is 0.500. The molecule has 0 radical (unpaired) electrons. The van der Waals surface area contributed by atoms with Crippen LogP contribution in [-0.4, -0.2) is 43.3 Å². The van der Waals surface area contributed by atoms with Crippen molar-refractivity contribution in [1.82, 2.24) is 0 Å². The van der Waals surface area contributed by atoms with Gasteiger partial charge in [0.2, 0.25) is 0 Å². The fourth-order valence-corrected chi connectivity index (χ4v) is 1.60. The average Bonchev–Trinajstić information content (AvgIpc) is 2.15. The summed E-state index contributed by atoms with van der Waals surface area (Å²) in [6.45, 7) is 2.23. The van der Waals surface area contributed by atoms with Crippen LogP contribution in [0.25, 0.3) is 0 Å². The van der Waals surface area contributed by atoms with Crippen molar-refractivity contribution in [2.24, 2.45) is 17.4 Å². The van der Waals surface area contributed by atoms with Gasteiger partial charge in [-0.3, -0.25) is 0 Å². The summed E-state index contributed by atoms with van der Waals surface area (Å²) in [4.78, 5) is 0. The normalized spacial score (nSPS) is 46.4. The molecule has 0 aromatic heterocycles. The largest absolute Gasteiger partial charge is 0.391 e. The van der Waals surface area contributed by atoms with Crippen molar-refractivity contribution in [3.8, 4) is 0 Å². The van der Waals surface area contributed by atoms with Crippen LogP contribution in [0.5, 0.6) is 0 Å². The van der Waals surface area contributed by atoms with Crippen LogP contribution in [0.2, 0.25) is 0 Å². The predicted molar refractivity (Wildman–Crippen MR) is 47.9 cm³/mol. The minimum atomic E-state index is -0.618. The number of rotatable bonds is 2. The summed E-state index contributed by atoms with van der Waals surface area (Å²) in [6.07, 6.45) is -1.35. The number of methoxy groups -OCH3 is 1. The van der Waals surface area contributed by atoms with Crippen LogP contribution < -0.4 is 11.5 Å². The molecule has 1 heterocycles. The van der Waals surface area contributed by atoms with E-state index in [9.17, 15) is 5.11 Å². The van der Waals surface area contributed by atoms with E-state index in [0.29, 0.717) is 6.54 Å². The van der Waals surface area contributed by atoms with Crippen LogP contribution >= 0.6 is 0 Å². The standard InChI is InChI=1S/C8H18N2O3/c1-4-5(3-9)13-8(12-2)6(10)7(4)11/h4-8,11H,3,9-10H2,1-2H3/t4-,5?,6?,7+,8-/m1/s1. The van der Waals surface area contributed by atoms with Gasteiger partial charge in [-0.25, -0.2) is 0 Å². The molecule has 1 rings (SSSR count). The molecule has 0 amide bonds. The van der Waals surface area contributed by atoms with E-state index in [0.717, 1.165) is 0 Å².